The van der Waals surface area contributed by atoms with Crippen LogP contribution in [0, 0.1) is 0 Å². The molecule has 0 atom stereocenters. The van der Waals surface area contributed by atoms with Crippen molar-refractivity contribution in [2.24, 2.45) is 0 Å². The molecule has 0 bridgehead atoms. The molecule has 2 heteroatoms. The maximum Gasteiger partial charge on any atom is 0.0506 e. The molecule has 0 unspecified atom stereocenters. The van der Waals surface area contributed by atoms with Gasteiger partial charge in [-0.3, -0.25) is 0 Å². The molecule has 0 saturated heterocycles. The zero-order chi connectivity index (χ0) is 12.3. The van der Waals surface area contributed by atoms with Gasteiger partial charge in [-0.25, -0.2) is 0 Å². The number of hydrogen-bond donors (Lipinski definition) is 1. The molecule has 17 heavy (non-hydrogen) atoms. The Kier molecular flexibility index (Phi) is 7.48. The first kappa shape index (κ1) is 14.0. The standard InChI is InChI=1S/C15H25NO/c1-2-3-4-5-6-12-17-13-11-14-7-9-15(16)10-8-14/h7-10H,2-6,11-13,16H2,1H3. The van der Waals surface area contributed by atoms with Crippen LogP contribution in [-0.2, 0) is 11.2 Å². The number of hydrogen-bond acceptors (Lipinski definition) is 2. The highest BCUT2D eigenvalue weighted by molar-refractivity contribution is 5.39. The molecule has 0 spiro atoms. The summed E-state index contributed by atoms with van der Waals surface area (Å²) in [6.07, 6.45) is 7.48. The summed E-state index contributed by atoms with van der Waals surface area (Å²) in [6.45, 7) is 3.96. The van der Waals surface area contributed by atoms with Gasteiger partial charge in [0.15, 0.2) is 0 Å². The number of nitrogen functional groups attached to an aromatic ring is 1. The number of ether oxygens (including phenoxy) is 1. The number of unbranched alkanes of at least 4 members (excludes halogenated alkanes) is 4. The minimum absolute atomic E-state index is 0.817. The van der Waals surface area contributed by atoms with Gasteiger partial charge in [-0.05, 0) is 30.5 Å². The van der Waals surface area contributed by atoms with Gasteiger partial charge < -0.3 is 10.5 Å². The van der Waals surface area contributed by atoms with Crippen molar-refractivity contribution in [1.29, 1.82) is 0 Å². The molecule has 0 fully saturated rings. The van der Waals surface area contributed by atoms with Crippen molar-refractivity contribution in [2.45, 2.75) is 45.4 Å². The normalized spacial score (nSPS) is 10.6. The molecule has 0 heterocycles. The molecule has 1 aromatic carbocycles. The molecule has 1 aromatic rings. The van der Waals surface area contributed by atoms with Crippen LogP contribution < -0.4 is 5.73 Å². The van der Waals surface area contributed by atoms with Crippen molar-refractivity contribution in [3.63, 3.8) is 0 Å². The SMILES string of the molecule is CCCCCCCOCCc1ccc(N)cc1. The van der Waals surface area contributed by atoms with Crippen LogP contribution in [0.3, 0.4) is 0 Å². The third-order valence-corrected chi connectivity index (χ3v) is 2.91. The van der Waals surface area contributed by atoms with Gasteiger partial charge >= 0.3 is 0 Å². The van der Waals surface area contributed by atoms with Crippen LogP contribution in [0.1, 0.15) is 44.6 Å². The van der Waals surface area contributed by atoms with Crippen molar-refractivity contribution in [1.82, 2.24) is 0 Å². The third kappa shape index (κ3) is 7.01. The molecule has 0 amide bonds. The van der Waals surface area contributed by atoms with Gasteiger partial charge in [0, 0.05) is 12.3 Å². The average molecular weight is 235 g/mol. The molecule has 0 aliphatic rings. The van der Waals surface area contributed by atoms with Crippen LogP contribution in [0.15, 0.2) is 24.3 Å². The van der Waals surface area contributed by atoms with E-state index in [1.807, 2.05) is 12.1 Å². The molecule has 0 aliphatic heterocycles. The van der Waals surface area contributed by atoms with Gasteiger partial charge in [0.25, 0.3) is 0 Å². The fraction of sp³-hybridized carbons (Fsp3) is 0.600. The average Bonchev–Trinajstić information content (AvgIpc) is 2.35. The number of anilines is 1. The molecule has 0 aliphatic carbocycles. The first-order valence-electron chi connectivity index (χ1n) is 6.75. The van der Waals surface area contributed by atoms with E-state index in [1.54, 1.807) is 0 Å². The summed E-state index contributed by atoms with van der Waals surface area (Å²) in [5.41, 5.74) is 7.75. The largest absolute Gasteiger partial charge is 0.399 e. The quantitative estimate of drug-likeness (QED) is 0.522. The summed E-state index contributed by atoms with van der Waals surface area (Å²) in [5.74, 6) is 0. The molecule has 2 N–H and O–H groups in total. The summed E-state index contributed by atoms with van der Waals surface area (Å²) in [4.78, 5) is 0. The van der Waals surface area contributed by atoms with Gasteiger partial charge in [-0.2, -0.15) is 0 Å². The van der Waals surface area contributed by atoms with Crippen LogP contribution in [0.5, 0.6) is 0 Å². The Labute approximate surface area is 105 Å². The van der Waals surface area contributed by atoms with Crippen LogP contribution in [0.2, 0.25) is 0 Å². The summed E-state index contributed by atoms with van der Waals surface area (Å²) in [7, 11) is 0. The van der Waals surface area contributed by atoms with Crippen molar-refractivity contribution < 1.29 is 4.74 Å². The highest BCUT2D eigenvalue weighted by Gasteiger charge is 1.94. The topological polar surface area (TPSA) is 35.2 Å². The zero-order valence-corrected chi connectivity index (χ0v) is 11.0. The molecule has 96 valence electrons. The number of nitrogens with two attached hydrogens (primary N) is 1. The first-order chi connectivity index (χ1) is 8.33. The van der Waals surface area contributed by atoms with Crippen molar-refractivity contribution in [3.05, 3.63) is 29.8 Å². The van der Waals surface area contributed by atoms with Crippen LogP contribution in [0.4, 0.5) is 5.69 Å². The van der Waals surface area contributed by atoms with Crippen molar-refractivity contribution in [2.75, 3.05) is 18.9 Å². The van der Waals surface area contributed by atoms with Gasteiger partial charge in [0.1, 0.15) is 0 Å². The van der Waals surface area contributed by atoms with E-state index in [9.17, 15) is 0 Å². The van der Waals surface area contributed by atoms with E-state index in [4.69, 9.17) is 10.5 Å². The van der Waals surface area contributed by atoms with E-state index < -0.39 is 0 Å². The highest BCUT2D eigenvalue weighted by atomic mass is 16.5. The molecule has 0 aromatic heterocycles. The van der Waals surface area contributed by atoms with Crippen LogP contribution in [-0.4, -0.2) is 13.2 Å². The van der Waals surface area contributed by atoms with Crippen molar-refractivity contribution in [3.8, 4) is 0 Å². The molecule has 1 rings (SSSR count). The van der Waals surface area contributed by atoms with E-state index >= 15 is 0 Å². The lowest BCUT2D eigenvalue weighted by molar-refractivity contribution is 0.133. The second-order valence-corrected chi connectivity index (χ2v) is 4.52. The molecule has 2 nitrogen and oxygen atoms in total. The Morgan fingerprint density at radius 3 is 2.35 bits per heavy atom. The molecule has 0 saturated carbocycles. The Morgan fingerprint density at radius 1 is 0.941 bits per heavy atom. The Bertz CT molecular complexity index is 281. The fourth-order valence-electron chi connectivity index (χ4n) is 1.78. The first-order valence-corrected chi connectivity index (χ1v) is 6.75. The Morgan fingerprint density at radius 2 is 1.65 bits per heavy atom. The maximum atomic E-state index is 5.63. The second kappa shape index (κ2) is 9.06. The Hall–Kier alpha value is -1.02. The van der Waals surface area contributed by atoms with E-state index in [2.05, 4.69) is 19.1 Å². The summed E-state index contributed by atoms with van der Waals surface area (Å²) in [6, 6.07) is 8.03. The predicted octanol–water partition coefficient (Wildman–Crippen LogP) is 3.80. The van der Waals surface area contributed by atoms with Crippen LogP contribution >= 0.6 is 0 Å². The predicted molar refractivity (Wildman–Crippen MR) is 74.1 cm³/mol. The molecular formula is C15H25NO. The Balaban J connectivity index is 1.95. The minimum atomic E-state index is 0.817. The molecule has 0 radical (unpaired) electrons. The summed E-state index contributed by atoms with van der Waals surface area (Å²) >= 11 is 0. The lowest BCUT2D eigenvalue weighted by Gasteiger charge is -2.04. The van der Waals surface area contributed by atoms with Gasteiger partial charge in [-0.1, -0.05) is 44.7 Å². The fourth-order valence-corrected chi connectivity index (χ4v) is 1.78. The minimum Gasteiger partial charge on any atom is -0.399 e. The monoisotopic (exact) mass is 235 g/mol. The maximum absolute atomic E-state index is 5.63. The zero-order valence-electron chi connectivity index (χ0n) is 11.0. The van der Waals surface area contributed by atoms with Crippen molar-refractivity contribution >= 4 is 5.69 Å². The lowest BCUT2D eigenvalue weighted by atomic mass is 10.1. The molecular weight excluding hydrogens is 210 g/mol. The number of benzene rings is 1. The summed E-state index contributed by atoms with van der Waals surface area (Å²) < 4.78 is 5.62. The van der Waals surface area contributed by atoms with E-state index in [0.29, 0.717) is 0 Å². The van der Waals surface area contributed by atoms with Crippen LogP contribution in [0.25, 0.3) is 0 Å². The second-order valence-electron chi connectivity index (χ2n) is 4.52. The lowest BCUT2D eigenvalue weighted by Crippen LogP contribution is -2.00. The number of rotatable bonds is 9. The van der Waals surface area contributed by atoms with Gasteiger partial charge in [0.05, 0.1) is 6.61 Å². The third-order valence-electron chi connectivity index (χ3n) is 2.91. The van der Waals surface area contributed by atoms with Gasteiger partial charge in [0.2, 0.25) is 0 Å². The van der Waals surface area contributed by atoms with E-state index in [0.717, 1.165) is 25.3 Å². The highest BCUT2D eigenvalue weighted by Crippen LogP contribution is 2.06. The van der Waals surface area contributed by atoms with E-state index in [1.165, 1.54) is 37.7 Å². The smallest absolute Gasteiger partial charge is 0.0506 e. The summed E-state index contributed by atoms with van der Waals surface area (Å²) in [5, 5.41) is 0. The van der Waals surface area contributed by atoms with Gasteiger partial charge in [-0.15, -0.1) is 0 Å². The van der Waals surface area contributed by atoms with E-state index in [-0.39, 0.29) is 0 Å².